The number of hydrogen-bond donors (Lipinski definition) is 2. The lowest BCUT2D eigenvalue weighted by Gasteiger charge is -2.12. The summed E-state index contributed by atoms with van der Waals surface area (Å²) in [6, 6.07) is 11.2. The SMILES string of the molecule is O=C(NCc1ccccc1)Nc1cc(C(F)(F)F)ccc1Cl. The predicted molar refractivity (Wildman–Crippen MR) is 78.8 cm³/mol. The van der Waals surface area contributed by atoms with Crippen LogP contribution in [0.4, 0.5) is 23.7 Å². The molecule has 0 spiro atoms. The number of rotatable bonds is 3. The van der Waals surface area contributed by atoms with Crippen LogP contribution in [0, 0.1) is 0 Å². The van der Waals surface area contributed by atoms with Gasteiger partial charge in [0.1, 0.15) is 0 Å². The Kier molecular flexibility index (Phi) is 4.92. The molecule has 0 saturated heterocycles. The summed E-state index contributed by atoms with van der Waals surface area (Å²) in [4.78, 5) is 11.7. The second-order valence-corrected chi connectivity index (χ2v) is 4.89. The first-order valence-corrected chi connectivity index (χ1v) is 6.69. The van der Waals surface area contributed by atoms with E-state index in [2.05, 4.69) is 10.6 Å². The molecule has 0 heterocycles. The van der Waals surface area contributed by atoms with E-state index < -0.39 is 17.8 Å². The molecule has 0 aromatic heterocycles. The molecule has 0 aliphatic rings. The largest absolute Gasteiger partial charge is 0.416 e. The molecule has 2 aromatic carbocycles. The first-order chi connectivity index (χ1) is 10.4. The van der Waals surface area contributed by atoms with Gasteiger partial charge in [-0.2, -0.15) is 13.2 Å². The third-order valence-electron chi connectivity index (χ3n) is 2.84. The van der Waals surface area contributed by atoms with Gasteiger partial charge in [-0.05, 0) is 23.8 Å². The molecule has 0 aliphatic carbocycles. The molecule has 0 aliphatic heterocycles. The number of benzene rings is 2. The second kappa shape index (κ2) is 6.70. The van der Waals surface area contributed by atoms with Gasteiger partial charge < -0.3 is 10.6 Å². The number of urea groups is 1. The predicted octanol–water partition coefficient (Wildman–Crippen LogP) is 4.68. The van der Waals surface area contributed by atoms with Crippen LogP contribution in [0.15, 0.2) is 48.5 Å². The van der Waals surface area contributed by atoms with E-state index in [-0.39, 0.29) is 17.3 Å². The Morgan fingerprint density at radius 1 is 1.09 bits per heavy atom. The normalized spacial score (nSPS) is 11.1. The molecule has 3 nitrogen and oxygen atoms in total. The van der Waals surface area contributed by atoms with Crippen LogP contribution in [0.1, 0.15) is 11.1 Å². The topological polar surface area (TPSA) is 41.1 Å². The molecule has 2 rings (SSSR count). The van der Waals surface area contributed by atoms with Crippen LogP contribution in [0.5, 0.6) is 0 Å². The van der Waals surface area contributed by atoms with Gasteiger partial charge in [-0.15, -0.1) is 0 Å². The zero-order chi connectivity index (χ0) is 16.2. The van der Waals surface area contributed by atoms with Crippen molar-refractivity contribution in [2.24, 2.45) is 0 Å². The van der Waals surface area contributed by atoms with E-state index in [4.69, 9.17) is 11.6 Å². The van der Waals surface area contributed by atoms with E-state index in [9.17, 15) is 18.0 Å². The van der Waals surface area contributed by atoms with E-state index in [1.165, 1.54) is 0 Å². The van der Waals surface area contributed by atoms with E-state index in [0.29, 0.717) is 0 Å². The maximum absolute atomic E-state index is 12.6. The summed E-state index contributed by atoms with van der Waals surface area (Å²) >= 11 is 5.80. The lowest BCUT2D eigenvalue weighted by atomic mass is 10.2. The van der Waals surface area contributed by atoms with E-state index >= 15 is 0 Å². The highest BCUT2D eigenvalue weighted by Crippen LogP contribution is 2.33. The van der Waals surface area contributed by atoms with Crippen molar-refractivity contribution in [1.29, 1.82) is 0 Å². The van der Waals surface area contributed by atoms with E-state index in [1.54, 1.807) is 0 Å². The van der Waals surface area contributed by atoms with Crippen molar-refractivity contribution >= 4 is 23.3 Å². The summed E-state index contributed by atoms with van der Waals surface area (Å²) in [5.41, 5.74) is -0.106. The van der Waals surface area contributed by atoms with Gasteiger partial charge in [0.05, 0.1) is 16.3 Å². The molecule has 0 fully saturated rings. The van der Waals surface area contributed by atoms with Gasteiger partial charge in [-0.1, -0.05) is 41.9 Å². The maximum atomic E-state index is 12.6. The standard InChI is InChI=1S/C15H12ClF3N2O/c16-12-7-6-11(15(17,18)19)8-13(12)21-14(22)20-9-10-4-2-1-3-5-10/h1-8H,9H2,(H2,20,21,22). The van der Waals surface area contributed by atoms with Gasteiger partial charge in [0.15, 0.2) is 0 Å². The van der Waals surface area contributed by atoms with Gasteiger partial charge in [-0.3, -0.25) is 0 Å². The van der Waals surface area contributed by atoms with Crippen molar-refractivity contribution in [1.82, 2.24) is 5.32 Å². The molecule has 0 saturated carbocycles. The number of anilines is 1. The average molecular weight is 329 g/mol. The Bertz CT molecular complexity index is 660. The Morgan fingerprint density at radius 3 is 2.41 bits per heavy atom. The van der Waals surface area contributed by atoms with Gasteiger partial charge in [-0.25, -0.2) is 4.79 Å². The Labute approximate surface area is 130 Å². The molecule has 2 amide bonds. The highest BCUT2D eigenvalue weighted by Gasteiger charge is 2.31. The lowest BCUT2D eigenvalue weighted by molar-refractivity contribution is -0.137. The number of nitrogens with one attached hydrogen (secondary N) is 2. The van der Waals surface area contributed by atoms with Crippen LogP contribution in [0.2, 0.25) is 5.02 Å². The van der Waals surface area contributed by atoms with Crippen LogP contribution in [-0.2, 0) is 12.7 Å². The summed E-state index contributed by atoms with van der Waals surface area (Å²) in [5, 5.41) is 4.88. The van der Waals surface area contributed by atoms with Crippen molar-refractivity contribution < 1.29 is 18.0 Å². The molecule has 7 heteroatoms. The summed E-state index contributed by atoms with van der Waals surface area (Å²) in [5.74, 6) is 0. The molecule has 0 atom stereocenters. The Morgan fingerprint density at radius 2 is 1.77 bits per heavy atom. The van der Waals surface area contributed by atoms with Gasteiger partial charge in [0.25, 0.3) is 0 Å². The van der Waals surface area contributed by atoms with Crippen LogP contribution in [-0.4, -0.2) is 6.03 Å². The maximum Gasteiger partial charge on any atom is 0.416 e. The molecular weight excluding hydrogens is 317 g/mol. The molecular formula is C15H12ClF3N2O. The van der Waals surface area contributed by atoms with Gasteiger partial charge in [0, 0.05) is 6.54 Å². The molecule has 0 radical (unpaired) electrons. The fourth-order valence-corrected chi connectivity index (χ4v) is 1.91. The summed E-state index contributed by atoms with van der Waals surface area (Å²) < 4.78 is 37.9. The van der Waals surface area contributed by atoms with Crippen molar-refractivity contribution in [3.05, 3.63) is 64.7 Å². The Hall–Kier alpha value is -2.21. The number of alkyl halides is 3. The van der Waals surface area contributed by atoms with Crippen LogP contribution in [0.3, 0.4) is 0 Å². The fraction of sp³-hybridized carbons (Fsp3) is 0.133. The Balaban J connectivity index is 2.02. The fourth-order valence-electron chi connectivity index (χ4n) is 1.74. The smallest absolute Gasteiger partial charge is 0.334 e. The molecule has 2 aromatic rings. The first-order valence-electron chi connectivity index (χ1n) is 6.32. The number of carbonyl (C=O) groups is 1. The molecule has 2 N–H and O–H groups in total. The number of carbonyl (C=O) groups excluding carboxylic acids is 1. The van der Waals surface area contributed by atoms with Crippen molar-refractivity contribution in [3.8, 4) is 0 Å². The van der Waals surface area contributed by atoms with Crippen LogP contribution in [0.25, 0.3) is 0 Å². The number of hydrogen-bond acceptors (Lipinski definition) is 1. The minimum absolute atomic E-state index is 0.0304. The van der Waals surface area contributed by atoms with Crippen LogP contribution >= 0.6 is 11.6 Å². The van der Waals surface area contributed by atoms with Crippen molar-refractivity contribution in [3.63, 3.8) is 0 Å². The van der Waals surface area contributed by atoms with Crippen LogP contribution < -0.4 is 10.6 Å². The lowest BCUT2D eigenvalue weighted by Crippen LogP contribution is -2.28. The van der Waals surface area contributed by atoms with Crippen molar-refractivity contribution in [2.45, 2.75) is 12.7 Å². The minimum atomic E-state index is -4.50. The zero-order valence-electron chi connectivity index (χ0n) is 11.2. The second-order valence-electron chi connectivity index (χ2n) is 4.49. The molecule has 22 heavy (non-hydrogen) atoms. The van der Waals surface area contributed by atoms with Crippen molar-refractivity contribution in [2.75, 3.05) is 5.32 Å². The average Bonchev–Trinajstić information content (AvgIpc) is 2.47. The third-order valence-corrected chi connectivity index (χ3v) is 3.17. The molecule has 116 valence electrons. The highest BCUT2D eigenvalue weighted by molar-refractivity contribution is 6.33. The van der Waals surface area contributed by atoms with E-state index in [1.807, 2.05) is 30.3 Å². The minimum Gasteiger partial charge on any atom is -0.334 e. The first kappa shape index (κ1) is 16.2. The summed E-state index contributed by atoms with van der Waals surface area (Å²) in [6.45, 7) is 0.253. The summed E-state index contributed by atoms with van der Waals surface area (Å²) in [7, 11) is 0. The van der Waals surface area contributed by atoms with Gasteiger partial charge in [0.2, 0.25) is 0 Å². The quantitative estimate of drug-likeness (QED) is 0.844. The highest BCUT2D eigenvalue weighted by atomic mass is 35.5. The third kappa shape index (κ3) is 4.39. The molecule has 0 unspecified atom stereocenters. The number of amides is 2. The summed E-state index contributed by atoms with van der Waals surface area (Å²) in [6.07, 6.45) is -4.50. The number of halogens is 4. The molecule has 0 bridgehead atoms. The monoisotopic (exact) mass is 328 g/mol. The van der Waals surface area contributed by atoms with Gasteiger partial charge >= 0.3 is 12.2 Å². The van der Waals surface area contributed by atoms with E-state index in [0.717, 1.165) is 23.8 Å². The zero-order valence-corrected chi connectivity index (χ0v) is 12.0.